The van der Waals surface area contributed by atoms with Gasteiger partial charge in [0.25, 0.3) is 11.5 Å². The summed E-state index contributed by atoms with van der Waals surface area (Å²) in [5, 5.41) is 3.01. The first kappa shape index (κ1) is 32.5. The first-order valence-electron chi connectivity index (χ1n) is 14.4. The zero-order valence-corrected chi connectivity index (χ0v) is 26.4. The van der Waals surface area contributed by atoms with E-state index < -0.39 is 43.8 Å². The Balaban J connectivity index is 2.43. The molecule has 1 saturated carbocycles. The van der Waals surface area contributed by atoms with Crippen LogP contribution in [-0.2, 0) is 19.6 Å². The summed E-state index contributed by atoms with van der Waals surface area (Å²) in [4.78, 5) is 41.1. The summed E-state index contributed by atoms with van der Waals surface area (Å²) in [6, 6.07) is 6.11. The van der Waals surface area contributed by atoms with Crippen molar-refractivity contribution in [3.05, 3.63) is 51.3 Å². The first-order chi connectivity index (χ1) is 19.1. The topological polar surface area (TPSA) is 124 Å². The second kappa shape index (κ2) is 12.9. The fourth-order valence-corrected chi connectivity index (χ4v) is 6.58. The monoisotopic (exact) mass is 587 g/mol. The summed E-state index contributed by atoms with van der Waals surface area (Å²) < 4.78 is 35.8. The smallest absolute Gasteiger partial charge is 0.329 e. The fourth-order valence-electron chi connectivity index (χ4n) is 5.54. The fraction of sp³-hybridized carbons (Fsp3) is 0.581. The van der Waals surface area contributed by atoms with Crippen molar-refractivity contribution in [1.29, 1.82) is 0 Å². The number of ether oxygens (including phenoxy) is 1. The number of pyridine rings is 1. The maximum atomic E-state index is 14.4. The van der Waals surface area contributed by atoms with Crippen LogP contribution in [0, 0.1) is 25.2 Å². The van der Waals surface area contributed by atoms with Crippen molar-refractivity contribution in [2.45, 2.75) is 97.5 Å². The van der Waals surface area contributed by atoms with Gasteiger partial charge in [0.15, 0.2) is 4.90 Å². The Morgan fingerprint density at radius 1 is 1.07 bits per heavy atom. The number of aromatic nitrogens is 1. The van der Waals surface area contributed by atoms with Crippen molar-refractivity contribution >= 4 is 21.9 Å². The zero-order valence-electron chi connectivity index (χ0n) is 25.6. The lowest BCUT2D eigenvalue weighted by Gasteiger charge is -2.31. The summed E-state index contributed by atoms with van der Waals surface area (Å²) in [6.45, 7) is 13.3. The number of carbonyl (C=O) groups excluding carboxylic acids is 2. The van der Waals surface area contributed by atoms with Gasteiger partial charge in [0.1, 0.15) is 6.04 Å². The van der Waals surface area contributed by atoms with E-state index in [4.69, 9.17) is 4.74 Å². The number of esters is 1. The molecule has 1 unspecified atom stereocenters. The van der Waals surface area contributed by atoms with Gasteiger partial charge in [0, 0.05) is 6.04 Å². The molecule has 1 heterocycles. The van der Waals surface area contributed by atoms with E-state index in [1.807, 2.05) is 52.0 Å². The van der Waals surface area contributed by atoms with Crippen LogP contribution in [0.5, 0.6) is 0 Å². The number of amides is 1. The van der Waals surface area contributed by atoms with E-state index in [-0.39, 0.29) is 24.6 Å². The molecule has 0 spiro atoms. The quantitative estimate of drug-likeness (QED) is 0.403. The Morgan fingerprint density at radius 3 is 2.17 bits per heavy atom. The zero-order chi connectivity index (χ0) is 30.7. The molecule has 226 valence electrons. The van der Waals surface area contributed by atoms with Gasteiger partial charge in [0.05, 0.1) is 17.9 Å². The number of rotatable bonds is 9. The molecule has 1 fully saturated rings. The third-order valence-corrected chi connectivity index (χ3v) is 9.18. The highest BCUT2D eigenvalue weighted by atomic mass is 32.2. The molecule has 3 rings (SSSR count). The van der Waals surface area contributed by atoms with Crippen LogP contribution in [0.15, 0.2) is 34.0 Å². The predicted molar refractivity (Wildman–Crippen MR) is 160 cm³/mol. The molecular weight excluding hydrogens is 542 g/mol. The minimum absolute atomic E-state index is 0.0925. The van der Waals surface area contributed by atoms with E-state index in [1.54, 1.807) is 13.8 Å². The van der Waals surface area contributed by atoms with Crippen LogP contribution in [0.25, 0.3) is 11.3 Å². The first-order valence-corrected chi connectivity index (χ1v) is 15.9. The van der Waals surface area contributed by atoms with Crippen LogP contribution in [0.3, 0.4) is 0 Å². The van der Waals surface area contributed by atoms with E-state index in [1.165, 1.54) is 11.6 Å². The minimum Gasteiger partial charge on any atom is -0.464 e. The third kappa shape index (κ3) is 7.46. The molecule has 1 amide bonds. The van der Waals surface area contributed by atoms with Gasteiger partial charge in [-0.2, -0.15) is 0 Å². The molecule has 1 aromatic heterocycles. The van der Waals surface area contributed by atoms with Crippen molar-refractivity contribution in [2.75, 3.05) is 13.7 Å². The van der Waals surface area contributed by atoms with Gasteiger partial charge in [-0.3, -0.25) is 14.2 Å². The second-order valence-corrected chi connectivity index (χ2v) is 14.2. The summed E-state index contributed by atoms with van der Waals surface area (Å²) in [7, 11) is -3.22. The number of hydrogen-bond donors (Lipinski definition) is 2. The highest BCUT2D eigenvalue weighted by Crippen LogP contribution is 2.35. The summed E-state index contributed by atoms with van der Waals surface area (Å²) >= 11 is 0. The average molecular weight is 588 g/mol. The standard InChI is InChI=1S/C31H45N3O6S/c1-9-40-30(37)24(18-31(5,6)7)34-26(22-14-10-19(2)11-15-22)21(4)25(27(29(34)36)41(38,39)32-8)28(35)33-23-16-12-20(3)13-17-23/h10-11,14-15,20,23-24,32H,9,12-13,16-18H2,1-8H3,(H,33,35). The van der Waals surface area contributed by atoms with Crippen LogP contribution in [0.1, 0.15) is 94.2 Å². The van der Waals surface area contributed by atoms with Gasteiger partial charge in [-0.15, -0.1) is 0 Å². The van der Waals surface area contributed by atoms with Crippen molar-refractivity contribution in [2.24, 2.45) is 11.3 Å². The predicted octanol–water partition coefficient (Wildman–Crippen LogP) is 4.89. The van der Waals surface area contributed by atoms with Gasteiger partial charge in [0.2, 0.25) is 10.0 Å². The molecule has 0 radical (unpaired) electrons. The molecule has 2 aromatic rings. The molecule has 1 aliphatic rings. The Morgan fingerprint density at radius 2 is 1.66 bits per heavy atom. The van der Waals surface area contributed by atoms with Crippen LogP contribution in [0.4, 0.5) is 0 Å². The third-order valence-electron chi connectivity index (χ3n) is 7.73. The van der Waals surface area contributed by atoms with E-state index in [0.29, 0.717) is 22.7 Å². The Labute approximate surface area is 244 Å². The number of carbonyl (C=O) groups is 2. The number of sulfonamides is 1. The molecule has 41 heavy (non-hydrogen) atoms. The van der Waals surface area contributed by atoms with Crippen molar-refractivity contribution in [3.8, 4) is 11.3 Å². The van der Waals surface area contributed by atoms with Gasteiger partial charge >= 0.3 is 5.97 Å². The van der Waals surface area contributed by atoms with E-state index >= 15 is 0 Å². The van der Waals surface area contributed by atoms with Crippen LogP contribution < -0.4 is 15.6 Å². The summed E-state index contributed by atoms with van der Waals surface area (Å²) in [5.41, 5.74) is 0.615. The average Bonchev–Trinajstić information content (AvgIpc) is 2.89. The molecule has 1 aliphatic carbocycles. The highest BCUT2D eigenvalue weighted by Gasteiger charge is 2.38. The molecule has 0 aliphatic heterocycles. The van der Waals surface area contributed by atoms with Gasteiger partial charge < -0.3 is 10.1 Å². The molecule has 2 N–H and O–H groups in total. The number of aryl methyl sites for hydroxylation is 1. The van der Waals surface area contributed by atoms with Crippen molar-refractivity contribution < 1.29 is 22.7 Å². The van der Waals surface area contributed by atoms with Gasteiger partial charge in [-0.05, 0) is 82.4 Å². The lowest BCUT2D eigenvalue weighted by Crippen LogP contribution is -2.43. The highest BCUT2D eigenvalue weighted by molar-refractivity contribution is 7.89. The van der Waals surface area contributed by atoms with E-state index in [2.05, 4.69) is 17.0 Å². The van der Waals surface area contributed by atoms with Gasteiger partial charge in [-0.25, -0.2) is 17.9 Å². The van der Waals surface area contributed by atoms with Crippen LogP contribution in [-0.4, -0.2) is 44.6 Å². The molecule has 0 bridgehead atoms. The largest absolute Gasteiger partial charge is 0.464 e. The molecule has 10 heteroatoms. The molecule has 0 saturated heterocycles. The van der Waals surface area contributed by atoms with E-state index in [0.717, 1.165) is 31.2 Å². The molecule has 9 nitrogen and oxygen atoms in total. The second-order valence-electron chi connectivity index (χ2n) is 12.4. The minimum atomic E-state index is -4.42. The number of nitrogens with zero attached hydrogens (tertiary/aromatic N) is 1. The normalized spacial score (nSPS) is 18.5. The van der Waals surface area contributed by atoms with E-state index in [9.17, 15) is 22.8 Å². The number of benzene rings is 1. The number of hydrogen-bond acceptors (Lipinski definition) is 6. The van der Waals surface area contributed by atoms with Crippen LogP contribution in [0.2, 0.25) is 0 Å². The van der Waals surface area contributed by atoms with Crippen LogP contribution >= 0.6 is 0 Å². The SMILES string of the molecule is CCOC(=O)C(CC(C)(C)C)n1c(-c2ccc(C)cc2)c(C)c(C(=O)NC2CCC(C)CC2)c(S(=O)(=O)NC)c1=O. The maximum Gasteiger partial charge on any atom is 0.329 e. The number of nitrogens with one attached hydrogen (secondary N) is 2. The molecular formula is C31H45N3O6S. The van der Waals surface area contributed by atoms with Crippen molar-refractivity contribution in [1.82, 2.24) is 14.6 Å². The Bertz CT molecular complexity index is 1430. The Hall–Kier alpha value is -2.98. The maximum absolute atomic E-state index is 14.4. The lowest BCUT2D eigenvalue weighted by molar-refractivity contribution is -0.148. The lowest BCUT2D eigenvalue weighted by atomic mass is 9.86. The Kier molecular flexibility index (Phi) is 10.2. The van der Waals surface area contributed by atoms with Crippen molar-refractivity contribution in [3.63, 3.8) is 0 Å². The summed E-state index contributed by atoms with van der Waals surface area (Å²) in [6.07, 6.45) is 3.66. The molecule has 1 atom stereocenters. The molecule has 1 aromatic carbocycles. The van der Waals surface area contributed by atoms with Gasteiger partial charge in [-0.1, -0.05) is 57.5 Å². The summed E-state index contributed by atoms with van der Waals surface area (Å²) in [5.74, 6) is -0.694.